The van der Waals surface area contributed by atoms with Crippen LogP contribution in [0.5, 0.6) is 5.75 Å². The number of rotatable bonds is 4. The molecule has 0 bridgehead atoms. The predicted octanol–water partition coefficient (Wildman–Crippen LogP) is 1.08. The monoisotopic (exact) mass is 262 g/mol. The summed E-state index contributed by atoms with van der Waals surface area (Å²) >= 11 is 0. The van der Waals surface area contributed by atoms with Gasteiger partial charge in [-0.15, -0.1) is 0 Å². The smallest absolute Gasteiger partial charge is 0.374 e. The maximum atomic E-state index is 11.8. The zero-order chi connectivity index (χ0) is 13.8. The highest BCUT2D eigenvalue weighted by atomic mass is 16.5. The molecule has 2 rings (SSSR count). The standard InChI is InChI=1S/C14H14O5/c1-2-18-14(17)11(16)8-13-10(15)7-9-5-3-4-6-12(9)19-13/h3-6,13H,2,7-8H2,1H3. The van der Waals surface area contributed by atoms with Crippen LogP contribution in [-0.2, 0) is 25.5 Å². The second kappa shape index (κ2) is 5.65. The molecule has 0 aromatic heterocycles. The number of ketones is 2. The second-order valence-electron chi connectivity index (χ2n) is 4.21. The molecule has 0 spiro atoms. The molecular weight excluding hydrogens is 248 g/mol. The van der Waals surface area contributed by atoms with Gasteiger partial charge in [0.15, 0.2) is 11.9 Å². The van der Waals surface area contributed by atoms with E-state index in [0.29, 0.717) is 5.75 Å². The lowest BCUT2D eigenvalue weighted by Crippen LogP contribution is -2.37. The van der Waals surface area contributed by atoms with Crippen molar-refractivity contribution in [2.75, 3.05) is 6.61 Å². The van der Waals surface area contributed by atoms with Crippen molar-refractivity contribution in [2.24, 2.45) is 0 Å². The molecule has 5 nitrogen and oxygen atoms in total. The molecule has 1 unspecified atom stereocenters. The average Bonchev–Trinajstić information content (AvgIpc) is 2.39. The number of ether oxygens (including phenoxy) is 2. The van der Waals surface area contributed by atoms with Crippen molar-refractivity contribution in [2.45, 2.75) is 25.9 Å². The van der Waals surface area contributed by atoms with Crippen molar-refractivity contribution in [3.05, 3.63) is 29.8 Å². The first-order chi connectivity index (χ1) is 9.11. The number of Topliss-reactive ketones (excluding diaryl/α,β-unsaturated/α-hetero) is 2. The number of carbonyl (C=O) groups is 3. The second-order valence-corrected chi connectivity index (χ2v) is 4.21. The number of benzene rings is 1. The Morgan fingerprint density at radius 2 is 2.11 bits per heavy atom. The van der Waals surface area contributed by atoms with E-state index in [1.54, 1.807) is 25.1 Å². The minimum atomic E-state index is -0.919. The highest BCUT2D eigenvalue weighted by Crippen LogP contribution is 2.26. The Labute approximate surface area is 110 Å². The summed E-state index contributed by atoms with van der Waals surface area (Å²) in [6, 6.07) is 7.15. The van der Waals surface area contributed by atoms with Gasteiger partial charge in [-0.05, 0) is 13.0 Å². The van der Waals surface area contributed by atoms with E-state index in [-0.39, 0.29) is 25.2 Å². The van der Waals surface area contributed by atoms with Gasteiger partial charge in [-0.3, -0.25) is 9.59 Å². The third kappa shape index (κ3) is 2.99. The van der Waals surface area contributed by atoms with Gasteiger partial charge < -0.3 is 9.47 Å². The minimum absolute atomic E-state index is 0.132. The van der Waals surface area contributed by atoms with E-state index in [0.717, 1.165) is 5.56 Å². The molecule has 0 aliphatic carbocycles. The largest absolute Gasteiger partial charge is 0.482 e. The summed E-state index contributed by atoms with van der Waals surface area (Å²) in [5, 5.41) is 0. The molecule has 1 aromatic rings. The van der Waals surface area contributed by atoms with E-state index in [1.165, 1.54) is 0 Å². The molecule has 1 heterocycles. The van der Waals surface area contributed by atoms with Gasteiger partial charge in [0.2, 0.25) is 5.78 Å². The quantitative estimate of drug-likeness (QED) is 0.600. The molecule has 100 valence electrons. The molecule has 0 saturated heterocycles. The fraction of sp³-hybridized carbons (Fsp3) is 0.357. The van der Waals surface area contributed by atoms with Crippen molar-refractivity contribution in [1.29, 1.82) is 0 Å². The molecule has 1 aliphatic heterocycles. The summed E-state index contributed by atoms with van der Waals surface area (Å²) in [7, 11) is 0. The highest BCUT2D eigenvalue weighted by molar-refractivity contribution is 6.34. The summed E-state index contributed by atoms with van der Waals surface area (Å²) in [6.45, 7) is 1.75. The van der Waals surface area contributed by atoms with Crippen molar-refractivity contribution < 1.29 is 23.9 Å². The van der Waals surface area contributed by atoms with Crippen LogP contribution in [0.2, 0.25) is 0 Å². The van der Waals surface area contributed by atoms with Crippen molar-refractivity contribution in [1.82, 2.24) is 0 Å². The molecular formula is C14H14O5. The first kappa shape index (κ1) is 13.3. The molecule has 0 amide bonds. The molecule has 0 radical (unpaired) electrons. The van der Waals surface area contributed by atoms with Gasteiger partial charge in [-0.25, -0.2) is 4.79 Å². The fourth-order valence-corrected chi connectivity index (χ4v) is 1.90. The zero-order valence-corrected chi connectivity index (χ0v) is 10.5. The van der Waals surface area contributed by atoms with E-state index >= 15 is 0 Å². The van der Waals surface area contributed by atoms with Crippen molar-refractivity contribution in [3.8, 4) is 5.75 Å². The van der Waals surface area contributed by atoms with Gasteiger partial charge in [-0.2, -0.15) is 0 Å². The van der Waals surface area contributed by atoms with Crippen LogP contribution in [0.3, 0.4) is 0 Å². The lowest BCUT2D eigenvalue weighted by atomic mass is 9.98. The minimum Gasteiger partial charge on any atom is -0.482 e. The maximum absolute atomic E-state index is 11.8. The lowest BCUT2D eigenvalue weighted by Gasteiger charge is -2.24. The molecule has 5 heteroatoms. The van der Waals surface area contributed by atoms with Crippen LogP contribution in [0.1, 0.15) is 18.9 Å². The lowest BCUT2D eigenvalue weighted by molar-refractivity contribution is -0.154. The van der Waals surface area contributed by atoms with Gasteiger partial charge in [0.05, 0.1) is 13.0 Å². The van der Waals surface area contributed by atoms with Gasteiger partial charge >= 0.3 is 5.97 Å². The molecule has 1 atom stereocenters. The maximum Gasteiger partial charge on any atom is 0.374 e. The molecule has 1 aromatic carbocycles. The van der Waals surface area contributed by atoms with Crippen molar-refractivity contribution >= 4 is 17.5 Å². The third-order valence-electron chi connectivity index (χ3n) is 2.84. The van der Waals surface area contributed by atoms with E-state index in [9.17, 15) is 14.4 Å². The van der Waals surface area contributed by atoms with Gasteiger partial charge in [0, 0.05) is 12.0 Å². The van der Waals surface area contributed by atoms with Crippen molar-refractivity contribution in [3.63, 3.8) is 0 Å². The van der Waals surface area contributed by atoms with E-state index < -0.39 is 17.9 Å². The first-order valence-electron chi connectivity index (χ1n) is 6.09. The van der Waals surface area contributed by atoms with Gasteiger partial charge in [0.25, 0.3) is 0 Å². The number of carbonyl (C=O) groups excluding carboxylic acids is 3. The van der Waals surface area contributed by atoms with E-state index in [1.807, 2.05) is 6.07 Å². The molecule has 0 saturated carbocycles. The Kier molecular flexibility index (Phi) is 3.94. The number of para-hydroxylation sites is 1. The summed E-state index contributed by atoms with van der Waals surface area (Å²) in [6.07, 6.45) is -0.949. The van der Waals surface area contributed by atoms with Crippen LogP contribution in [0.15, 0.2) is 24.3 Å². The predicted molar refractivity (Wildman–Crippen MR) is 65.8 cm³/mol. The summed E-state index contributed by atoms with van der Waals surface area (Å²) < 4.78 is 10.1. The summed E-state index contributed by atoms with van der Waals surface area (Å²) in [5.41, 5.74) is 0.798. The van der Waals surface area contributed by atoms with Gasteiger partial charge in [0.1, 0.15) is 5.75 Å². The molecule has 1 aliphatic rings. The SMILES string of the molecule is CCOC(=O)C(=O)CC1Oc2ccccc2CC1=O. The van der Waals surface area contributed by atoms with E-state index in [4.69, 9.17) is 4.74 Å². The zero-order valence-electron chi connectivity index (χ0n) is 10.5. The van der Waals surface area contributed by atoms with Gasteiger partial charge in [-0.1, -0.05) is 18.2 Å². The normalized spacial score (nSPS) is 17.3. The summed E-state index contributed by atoms with van der Waals surface area (Å²) in [4.78, 5) is 34.6. The fourth-order valence-electron chi connectivity index (χ4n) is 1.90. The molecule has 19 heavy (non-hydrogen) atoms. The average molecular weight is 262 g/mol. The van der Waals surface area contributed by atoms with Crippen LogP contribution < -0.4 is 4.74 Å². The summed E-state index contributed by atoms with van der Waals surface area (Å²) in [5.74, 6) is -1.27. The van der Waals surface area contributed by atoms with Crippen LogP contribution in [0.25, 0.3) is 0 Å². The first-order valence-corrected chi connectivity index (χ1v) is 6.09. The number of hydrogen-bond acceptors (Lipinski definition) is 5. The molecule has 0 fully saturated rings. The number of esters is 1. The highest BCUT2D eigenvalue weighted by Gasteiger charge is 2.31. The Balaban J connectivity index is 2.05. The van der Waals surface area contributed by atoms with E-state index in [2.05, 4.69) is 4.74 Å². The van der Waals surface area contributed by atoms with Crippen LogP contribution in [0.4, 0.5) is 0 Å². The number of fused-ring (bicyclic) bond motifs is 1. The Morgan fingerprint density at radius 3 is 2.84 bits per heavy atom. The Hall–Kier alpha value is -2.17. The third-order valence-corrected chi connectivity index (χ3v) is 2.84. The van der Waals surface area contributed by atoms with Crippen LogP contribution in [-0.4, -0.2) is 30.2 Å². The topological polar surface area (TPSA) is 69.7 Å². The van der Waals surface area contributed by atoms with Crippen LogP contribution >= 0.6 is 0 Å². The van der Waals surface area contributed by atoms with Crippen LogP contribution in [0, 0.1) is 0 Å². The number of hydrogen-bond donors (Lipinski definition) is 0. The Morgan fingerprint density at radius 1 is 1.37 bits per heavy atom. The Bertz CT molecular complexity index is 520. The molecule has 0 N–H and O–H groups in total.